The zero-order valence-corrected chi connectivity index (χ0v) is 23.2. The van der Waals surface area contributed by atoms with E-state index in [-0.39, 0.29) is 5.60 Å². The lowest BCUT2D eigenvalue weighted by Crippen LogP contribution is -2.68. The maximum Gasteiger partial charge on any atom is 0.507 e. The molecule has 8 heteroatoms. The molecule has 0 heterocycles. The molecular formula is C19H40O4Si4. The van der Waals surface area contributed by atoms with Gasteiger partial charge >= 0.3 is 17.4 Å². The van der Waals surface area contributed by atoms with Gasteiger partial charge < -0.3 is 16.8 Å². The summed E-state index contributed by atoms with van der Waals surface area (Å²) in [6.45, 7) is 23.8. The second-order valence-electron chi connectivity index (χ2n) is 10.1. The van der Waals surface area contributed by atoms with E-state index in [0.29, 0.717) is 0 Å². The van der Waals surface area contributed by atoms with E-state index in [1.54, 1.807) is 0 Å². The Morgan fingerprint density at radius 3 is 1.56 bits per heavy atom. The third-order valence-corrected chi connectivity index (χ3v) is 15.9. The summed E-state index contributed by atoms with van der Waals surface area (Å²) in [5, 5.41) is 1.04. The molecule has 0 amide bonds. The van der Waals surface area contributed by atoms with Gasteiger partial charge in [-0.1, -0.05) is 37.3 Å². The van der Waals surface area contributed by atoms with Gasteiger partial charge in [0.25, 0.3) is 0 Å². The van der Waals surface area contributed by atoms with Crippen LogP contribution < -0.4 is 5.19 Å². The van der Waals surface area contributed by atoms with Crippen LogP contribution in [-0.2, 0) is 16.8 Å². The average molecular weight is 445 g/mol. The molecule has 0 aliphatic carbocycles. The molecule has 0 spiro atoms. The van der Waals surface area contributed by atoms with E-state index >= 15 is 0 Å². The fourth-order valence-electron chi connectivity index (χ4n) is 2.77. The minimum Gasteiger partial charge on any atom is -0.414 e. The molecule has 0 atom stereocenters. The maximum atomic E-state index is 6.88. The monoisotopic (exact) mass is 444 g/mol. The zero-order valence-electron chi connectivity index (χ0n) is 19.2. The number of hydrogen-bond acceptors (Lipinski definition) is 4. The van der Waals surface area contributed by atoms with Crippen molar-refractivity contribution in [3.05, 3.63) is 30.3 Å². The molecule has 0 bridgehead atoms. The van der Waals surface area contributed by atoms with E-state index in [2.05, 4.69) is 85.3 Å². The molecule has 27 heavy (non-hydrogen) atoms. The molecule has 1 aromatic carbocycles. The molecule has 0 aliphatic heterocycles. The van der Waals surface area contributed by atoms with Crippen LogP contribution in [0.3, 0.4) is 0 Å². The molecule has 1 rings (SSSR count). The number of benzene rings is 1. The Labute approximate surface area is 171 Å². The van der Waals surface area contributed by atoms with E-state index in [0.717, 1.165) is 11.6 Å². The molecule has 0 N–H and O–H groups in total. The van der Waals surface area contributed by atoms with Gasteiger partial charge in [-0.2, -0.15) is 0 Å². The highest BCUT2D eigenvalue weighted by atomic mass is 28.5. The van der Waals surface area contributed by atoms with E-state index < -0.39 is 34.0 Å². The second-order valence-corrected chi connectivity index (χ2v) is 25.7. The van der Waals surface area contributed by atoms with Crippen LogP contribution in [0.2, 0.25) is 52.4 Å². The van der Waals surface area contributed by atoms with Gasteiger partial charge in [-0.25, -0.2) is 0 Å². The Balaban J connectivity index is 3.45. The summed E-state index contributed by atoms with van der Waals surface area (Å²) >= 11 is 0. The summed E-state index contributed by atoms with van der Waals surface area (Å²) in [6, 6.07) is 10.3. The first-order valence-corrected chi connectivity index (χ1v) is 21.2. The smallest absolute Gasteiger partial charge is 0.414 e. The summed E-state index contributed by atoms with van der Waals surface area (Å²) in [4.78, 5) is 0. The van der Waals surface area contributed by atoms with Gasteiger partial charge in [0.05, 0.1) is 5.60 Å². The van der Waals surface area contributed by atoms with Gasteiger partial charge in [0.2, 0.25) is 0 Å². The molecule has 0 saturated heterocycles. The van der Waals surface area contributed by atoms with Gasteiger partial charge in [0.15, 0.2) is 16.6 Å². The Morgan fingerprint density at radius 2 is 1.19 bits per heavy atom. The molecule has 0 radical (unpaired) electrons. The summed E-state index contributed by atoms with van der Waals surface area (Å²) in [7, 11) is -9.53. The van der Waals surface area contributed by atoms with Crippen molar-refractivity contribution in [2.24, 2.45) is 0 Å². The van der Waals surface area contributed by atoms with E-state index in [9.17, 15) is 0 Å². The van der Waals surface area contributed by atoms with Crippen LogP contribution in [0.25, 0.3) is 0 Å². The van der Waals surface area contributed by atoms with Crippen LogP contribution in [0.15, 0.2) is 30.3 Å². The highest BCUT2D eigenvalue weighted by Gasteiger charge is 2.54. The van der Waals surface area contributed by atoms with Crippen LogP contribution in [0.4, 0.5) is 0 Å². The van der Waals surface area contributed by atoms with Crippen molar-refractivity contribution in [2.45, 2.75) is 85.2 Å². The molecule has 0 saturated carbocycles. The van der Waals surface area contributed by atoms with Crippen LogP contribution in [0.1, 0.15) is 27.2 Å². The summed E-state index contributed by atoms with van der Waals surface area (Å²) in [6.07, 6.45) is 0.927. The Hall–Kier alpha value is -0.0725. The highest BCUT2D eigenvalue weighted by Crippen LogP contribution is 2.29. The third kappa shape index (κ3) is 8.86. The van der Waals surface area contributed by atoms with Crippen molar-refractivity contribution in [3.8, 4) is 0 Å². The lowest BCUT2D eigenvalue weighted by atomic mass is 10.1. The Bertz CT molecular complexity index is 576. The number of rotatable bonds is 10. The SMILES string of the molecule is CCC(C)(C)O[Si](C)(C)O[Si](O[Si](C)(C)C)(O[Si](C)(C)C)c1ccccc1. The minimum atomic E-state index is -3.13. The molecule has 1 aromatic rings. The van der Waals surface area contributed by atoms with E-state index in [4.69, 9.17) is 16.8 Å². The number of hydrogen-bond donors (Lipinski definition) is 0. The molecule has 4 nitrogen and oxygen atoms in total. The molecule has 0 unspecified atom stereocenters. The van der Waals surface area contributed by atoms with Crippen molar-refractivity contribution < 1.29 is 16.8 Å². The predicted octanol–water partition coefficient (Wildman–Crippen LogP) is 5.46. The van der Waals surface area contributed by atoms with Gasteiger partial charge in [0.1, 0.15) is 0 Å². The first-order chi connectivity index (χ1) is 12.0. The highest BCUT2D eigenvalue weighted by molar-refractivity contribution is 6.95. The second kappa shape index (κ2) is 8.74. The minimum absolute atomic E-state index is 0.231. The summed E-state index contributed by atoms with van der Waals surface area (Å²) in [5.74, 6) is 0. The largest absolute Gasteiger partial charge is 0.507 e. The van der Waals surface area contributed by atoms with Gasteiger partial charge in [-0.15, -0.1) is 0 Å². The van der Waals surface area contributed by atoms with Crippen LogP contribution in [-0.4, -0.2) is 39.6 Å². The van der Waals surface area contributed by atoms with Gasteiger partial charge in [-0.3, -0.25) is 0 Å². The van der Waals surface area contributed by atoms with Gasteiger partial charge in [-0.05, 0) is 72.6 Å². The molecular weight excluding hydrogens is 405 g/mol. The van der Waals surface area contributed by atoms with Crippen LogP contribution in [0.5, 0.6) is 0 Å². The maximum absolute atomic E-state index is 6.88. The van der Waals surface area contributed by atoms with E-state index in [1.807, 2.05) is 18.2 Å². The van der Waals surface area contributed by atoms with Crippen molar-refractivity contribution in [3.63, 3.8) is 0 Å². The summed E-state index contributed by atoms with van der Waals surface area (Å²) in [5.41, 5.74) is -0.231. The van der Waals surface area contributed by atoms with Crippen LogP contribution in [0, 0.1) is 0 Å². The third-order valence-electron chi connectivity index (χ3n) is 3.76. The lowest BCUT2D eigenvalue weighted by molar-refractivity contribution is 0.0630. The lowest BCUT2D eigenvalue weighted by Gasteiger charge is -2.44. The average Bonchev–Trinajstić information content (AvgIpc) is 2.42. The topological polar surface area (TPSA) is 36.9 Å². The Kier molecular flexibility index (Phi) is 8.08. The quantitative estimate of drug-likeness (QED) is 0.449. The van der Waals surface area contributed by atoms with Crippen LogP contribution >= 0.6 is 0 Å². The first-order valence-electron chi connectivity index (χ1n) is 9.85. The molecule has 156 valence electrons. The summed E-state index contributed by atoms with van der Waals surface area (Å²) < 4.78 is 27.0. The first kappa shape index (κ1) is 25.0. The standard InChI is InChI=1S/C19H40O4Si4/c1-12-19(2,3)20-26(10,11)23-27(21-24(4,5)6,22-25(7,8)9)18-16-14-13-15-17-18/h13-17H,12H2,1-11H3. The van der Waals surface area contributed by atoms with Crippen molar-refractivity contribution >= 4 is 39.2 Å². The molecule has 0 fully saturated rings. The Morgan fingerprint density at radius 1 is 0.741 bits per heavy atom. The van der Waals surface area contributed by atoms with Gasteiger partial charge in [0, 0.05) is 5.19 Å². The fraction of sp³-hybridized carbons (Fsp3) is 0.684. The van der Waals surface area contributed by atoms with Crippen molar-refractivity contribution in [2.75, 3.05) is 0 Å². The fourth-order valence-corrected chi connectivity index (χ4v) is 17.1. The normalized spacial score (nSPS) is 14.5. The molecule has 0 aliphatic rings. The van der Waals surface area contributed by atoms with E-state index in [1.165, 1.54) is 0 Å². The van der Waals surface area contributed by atoms with Crippen molar-refractivity contribution in [1.82, 2.24) is 0 Å². The predicted molar refractivity (Wildman–Crippen MR) is 125 cm³/mol. The molecule has 0 aromatic heterocycles. The van der Waals surface area contributed by atoms with Crippen molar-refractivity contribution in [1.29, 1.82) is 0 Å². The zero-order chi connectivity index (χ0) is 21.1.